The zero-order valence-corrected chi connectivity index (χ0v) is 16.6. The lowest BCUT2D eigenvalue weighted by atomic mass is 10.1. The van der Waals surface area contributed by atoms with Gasteiger partial charge in [0, 0.05) is 16.3 Å². The molecule has 0 spiro atoms. The molecular formula is C20H22F2N2O3S. The van der Waals surface area contributed by atoms with Crippen molar-refractivity contribution in [2.75, 3.05) is 10.6 Å². The molecule has 0 aromatic heterocycles. The van der Waals surface area contributed by atoms with E-state index >= 15 is 0 Å². The quantitative estimate of drug-likeness (QED) is 0.617. The minimum Gasteiger partial charge on any atom is -0.444 e. The summed E-state index contributed by atoms with van der Waals surface area (Å²) in [5, 5.41) is 5.34. The normalized spacial score (nSPS) is 11.2. The fourth-order valence-corrected chi connectivity index (χ4v) is 2.74. The zero-order chi connectivity index (χ0) is 20.7. The highest BCUT2D eigenvalue weighted by molar-refractivity contribution is 7.99. The third-order valence-corrected chi connectivity index (χ3v) is 4.05. The number of ether oxygens (including phenoxy) is 1. The van der Waals surface area contributed by atoms with Gasteiger partial charge in [-0.15, -0.1) is 0 Å². The third kappa shape index (κ3) is 7.96. The van der Waals surface area contributed by atoms with E-state index in [1.54, 1.807) is 57.2 Å². The largest absolute Gasteiger partial charge is 0.444 e. The number of carbonyl (C=O) groups excluding carboxylic acids is 2. The molecule has 0 aliphatic rings. The molecule has 8 heteroatoms. The number of hydrogen-bond donors (Lipinski definition) is 2. The third-order valence-electron chi connectivity index (χ3n) is 3.33. The molecule has 0 radical (unpaired) electrons. The van der Waals surface area contributed by atoms with Gasteiger partial charge in [-0.1, -0.05) is 23.9 Å². The van der Waals surface area contributed by atoms with Crippen LogP contribution < -0.4 is 10.6 Å². The Labute approximate surface area is 166 Å². The molecule has 0 unspecified atom stereocenters. The standard InChI is InChI=1S/C20H22F2N2O3S/c1-20(2,3)27-19(26)24-15-6-4-13(5-7-15)12-17(25)23-14-8-10-16(11-9-14)28-18(21)22/h4-11,18H,12H2,1-3H3,(H,23,25)(H,24,26). The van der Waals surface area contributed by atoms with E-state index in [0.29, 0.717) is 28.0 Å². The van der Waals surface area contributed by atoms with Crippen molar-refractivity contribution in [3.05, 3.63) is 54.1 Å². The molecule has 0 aliphatic carbocycles. The number of nitrogens with one attached hydrogen (secondary N) is 2. The first-order chi connectivity index (χ1) is 13.1. The lowest BCUT2D eigenvalue weighted by Crippen LogP contribution is -2.27. The van der Waals surface area contributed by atoms with Crippen LogP contribution in [-0.4, -0.2) is 23.4 Å². The van der Waals surface area contributed by atoms with Crippen LogP contribution in [0.4, 0.5) is 25.0 Å². The maximum absolute atomic E-state index is 12.3. The number of benzene rings is 2. The summed E-state index contributed by atoms with van der Waals surface area (Å²) >= 11 is 0.452. The molecule has 0 aliphatic heterocycles. The van der Waals surface area contributed by atoms with Gasteiger partial charge in [-0.2, -0.15) is 8.78 Å². The van der Waals surface area contributed by atoms with Crippen molar-refractivity contribution in [2.45, 2.75) is 43.4 Å². The summed E-state index contributed by atoms with van der Waals surface area (Å²) in [5.41, 5.74) is 1.27. The molecule has 2 rings (SSSR count). The molecule has 2 aromatic rings. The van der Waals surface area contributed by atoms with E-state index < -0.39 is 17.5 Å². The molecule has 2 aromatic carbocycles. The van der Waals surface area contributed by atoms with Gasteiger partial charge in [0.1, 0.15) is 5.60 Å². The Balaban J connectivity index is 1.86. The Morgan fingerprint density at radius 2 is 1.50 bits per heavy atom. The van der Waals surface area contributed by atoms with Gasteiger partial charge >= 0.3 is 6.09 Å². The number of hydrogen-bond acceptors (Lipinski definition) is 4. The van der Waals surface area contributed by atoms with Crippen LogP contribution in [0.15, 0.2) is 53.4 Å². The number of thioether (sulfide) groups is 1. The van der Waals surface area contributed by atoms with Gasteiger partial charge in [-0.05, 0) is 62.7 Å². The molecular weight excluding hydrogens is 386 g/mol. The molecule has 0 fully saturated rings. The molecule has 150 valence electrons. The van der Waals surface area contributed by atoms with Gasteiger partial charge in [-0.25, -0.2) is 4.79 Å². The smallest absolute Gasteiger partial charge is 0.412 e. The number of alkyl halides is 2. The lowest BCUT2D eigenvalue weighted by molar-refractivity contribution is -0.115. The zero-order valence-electron chi connectivity index (χ0n) is 15.8. The van der Waals surface area contributed by atoms with E-state index in [2.05, 4.69) is 10.6 Å². The predicted octanol–water partition coefficient (Wildman–Crippen LogP) is 5.53. The molecule has 28 heavy (non-hydrogen) atoms. The molecule has 5 nitrogen and oxygen atoms in total. The number of rotatable bonds is 6. The lowest BCUT2D eigenvalue weighted by Gasteiger charge is -2.19. The molecule has 0 heterocycles. The average Bonchev–Trinajstić information content (AvgIpc) is 2.56. The summed E-state index contributed by atoms with van der Waals surface area (Å²) < 4.78 is 29.8. The van der Waals surface area contributed by atoms with Crippen LogP contribution in [-0.2, 0) is 16.0 Å². The maximum atomic E-state index is 12.3. The Bertz CT molecular complexity index is 804. The second-order valence-electron chi connectivity index (χ2n) is 6.95. The van der Waals surface area contributed by atoms with Gasteiger partial charge in [0.2, 0.25) is 5.91 Å². The van der Waals surface area contributed by atoms with Crippen LogP contribution >= 0.6 is 11.8 Å². The molecule has 2 amide bonds. The first kappa shape index (κ1) is 21.7. The second kappa shape index (κ2) is 9.54. The van der Waals surface area contributed by atoms with E-state index in [1.807, 2.05) is 0 Å². The topological polar surface area (TPSA) is 67.4 Å². The van der Waals surface area contributed by atoms with Crippen LogP contribution in [0.25, 0.3) is 0 Å². The summed E-state index contributed by atoms with van der Waals surface area (Å²) in [7, 11) is 0. The Morgan fingerprint density at radius 3 is 2.04 bits per heavy atom. The number of halogens is 2. The summed E-state index contributed by atoms with van der Waals surface area (Å²) in [6.07, 6.45) is -0.410. The van der Waals surface area contributed by atoms with Crippen molar-refractivity contribution < 1.29 is 23.1 Å². The Kier molecular flexibility index (Phi) is 7.39. The first-order valence-electron chi connectivity index (χ1n) is 8.54. The van der Waals surface area contributed by atoms with Crippen molar-refractivity contribution in [1.82, 2.24) is 0 Å². The van der Waals surface area contributed by atoms with E-state index in [1.165, 1.54) is 12.1 Å². The highest BCUT2D eigenvalue weighted by Gasteiger charge is 2.16. The Hall–Kier alpha value is -2.61. The van der Waals surface area contributed by atoms with E-state index in [-0.39, 0.29) is 12.3 Å². The minimum atomic E-state index is -2.48. The molecule has 0 saturated carbocycles. The number of anilines is 2. The summed E-state index contributed by atoms with van der Waals surface area (Å²) in [4.78, 5) is 24.3. The van der Waals surface area contributed by atoms with Crippen LogP contribution in [0.3, 0.4) is 0 Å². The van der Waals surface area contributed by atoms with E-state index in [4.69, 9.17) is 4.74 Å². The van der Waals surface area contributed by atoms with E-state index in [9.17, 15) is 18.4 Å². The monoisotopic (exact) mass is 408 g/mol. The highest BCUT2D eigenvalue weighted by atomic mass is 32.2. The maximum Gasteiger partial charge on any atom is 0.412 e. The second-order valence-corrected chi connectivity index (χ2v) is 8.02. The van der Waals surface area contributed by atoms with Gasteiger partial charge in [0.15, 0.2) is 0 Å². The van der Waals surface area contributed by atoms with Crippen LogP contribution in [0.5, 0.6) is 0 Å². The molecule has 0 saturated heterocycles. The van der Waals surface area contributed by atoms with Crippen molar-refractivity contribution in [2.24, 2.45) is 0 Å². The number of amides is 2. The minimum absolute atomic E-state index is 0.139. The van der Waals surface area contributed by atoms with Crippen LogP contribution in [0.2, 0.25) is 0 Å². The molecule has 2 N–H and O–H groups in total. The fourth-order valence-electron chi connectivity index (χ4n) is 2.24. The SMILES string of the molecule is CC(C)(C)OC(=O)Nc1ccc(CC(=O)Nc2ccc(SC(F)F)cc2)cc1. The molecule has 0 atom stereocenters. The van der Waals surface area contributed by atoms with Gasteiger partial charge in [0.05, 0.1) is 6.42 Å². The van der Waals surface area contributed by atoms with Crippen molar-refractivity contribution in [1.29, 1.82) is 0 Å². The predicted molar refractivity (Wildman–Crippen MR) is 107 cm³/mol. The van der Waals surface area contributed by atoms with Gasteiger partial charge in [-0.3, -0.25) is 10.1 Å². The van der Waals surface area contributed by atoms with E-state index in [0.717, 1.165) is 5.56 Å². The van der Waals surface area contributed by atoms with Crippen LogP contribution in [0.1, 0.15) is 26.3 Å². The summed E-state index contributed by atoms with van der Waals surface area (Å²) in [6.45, 7) is 5.33. The van der Waals surface area contributed by atoms with Crippen molar-refractivity contribution >= 4 is 35.1 Å². The van der Waals surface area contributed by atoms with Gasteiger partial charge < -0.3 is 10.1 Å². The summed E-state index contributed by atoms with van der Waals surface area (Å²) in [6, 6.07) is 13.1. The van der Waals surface area contributed by atoms with Gasteiger partial charge in [0.25, 0.3) is 5.76 Å². The number of carbonyl (C=O) groups is 2. The highest BCUT2D eigenvalue weighted by Crippen LogP contribution is 2.26. The fraction of sp³-hybridized carbons (Fsp3) is 0.300. The molecule has 0 bridgehead atoms. The summed E-state index contributed by atoms with van der Waals surface area (Å²) in [5.74, 6) is -2.71. The Morgan fingerprint density at radius 1 is 0.964 bits per heavy atom. The van der Waals surface area contributed by atoms with Crippen LogP contribution in [0, 0.1) is 0 Å². The average molecular weight is 408 g/mol. The van der Waals surface area contributed by atoms with Crippen molar-refractivity contribution in [3.63, 3.8) is 0 Å². The van der Waals surface area contributed by atoms with Crippen molar-refractivity contribution in [3.8, 4) is 0 Å². The first-order valence-corrected chi connectivity index (χ1v) is 9.42.